The lowest BCUT2D eigenvalue weighted by molar-refractivity contribution is 0.0383. The molecule has 1 aliphatic rings. The van der Waals surface area contributed by atoms with Gasteiger partial charge in [0, 0.05) is 19.1 Å². The fraction of sp³-hybridized carbons (Fsp3) is 1.00. The Kier molecular flexibility index (Phi) is 2.42. The Morgan fingerprint density at radius 2 is 2.00 bits per heavy atom. The number of alkyl halides is 1. The van der Waals surface area contributed by atoms with E-state index in [1.165, 1.54) is 0 Å². The first kappa shape index (κ1) is 6.96. The van der Waals surface area contributed by atoms with Crippen LogP contribution in [-0.4, -0.2) is 19.5 Å². The van der Waals surface area contributed by atoms with Crippen molar-refractivity contribution in [2.75, 3.05) is 13.2 Å². The Balaban J connectivity index is 2.23. The third-order valence-electron chi connectivity index (χ3n) is 1.72. The molecule has 0 aromatic rings. The molecule has 0 aliphatic carbocycles. The molecule has 1 aliphatic heterocycles. The minimum Gasteiger partial charge on any atom is -0.381 e. The molecule has 0 amide bonds. The van der Waals surface area contributed by atoms with Gasteiger partial charge in [-0.2, -0.15) is 0 Å². The van der Waals surface area contributed by atoms with Crippen LogP contribution in [0, 0.1) is 5.92 Å². The van der Waals surface area contributed by atoms with E-state index in [9.17, 15) is 4.39 Å². The summed E-state index contributed by atoms with van der Waals surface area (Å²) in [6.45, 7) is 1.34. The summed E-state index contributed by atoms with van der Waals surface area (Å²) in [6.07, 6.45) is 0.406. The molecule has 3 heteroatoms. The topological polar surface area (TPSA) is 35.2 Å². The van der Waals surface area contributed by atoms with E-state index in [0.717, 1.165) is 12.8 Å². The van der Waals surface area contributed by atoms with Crippen molar-refractivity contribution in [3.8, 4) is 0 Å². The molecule has 2 N–H and O–H groups in total. The highest BCUT2D eigenvalue weighted by Gasteiger charge is 2.19. The van der Waals surface area contributed by atoms with Gasteiger partial charge in [-0.05, 0) is 12.8 Å². The summed E-state index contributed by atoms with van der Waals surface area (Å²) in [5.74, 6) is 0.0405. The van der Waals surface area contributed by atoms with E-state index in [1.807, 2.05) is 0 Å². The predicted molar refractivity (Wildman–Crippen MR) is 32.6 cm³/mol. The van der Waals surface area contributed by atoms with Gasteiger partial charge in [-0.1, -0.05) is 0 Å². The van der Waals surface area contributed by atoms with Crippen LogP contribution >= 0.6 is 0 Å². The molecule has 1 atom stereocenters. The van der Waals surface area contributed by atoms with Crippen LogP contribution in [0.2, 0.25) is 0 Å². The Labute approximate surface area is 54.2 Å². The van der Waals surface area contributed by atoms with Crippen molar-refractivity contribution < 1.29 is 9.13 Å². The van der Waals surface area contributed by atoms with Crippen LogP contribution in [-0.2, 0) is 4.74 Å². The van der Waals surface area contributed by atoms with Crippen LogP contribution in [0.15, 0.2) is 0 Å². The van der Waals surface area contributed by atoms with Gasteiger partial charge >= 0.3 is 0 Å². The fourth-order valence-electron chi connectivity index (χ4n) is 1.03. The number of hydrogen-bond donors (Lipinski definition) is 1. The highest BCUT2D eigenvalue weighted by atomic mass is 19.1. The van der Waals surface area contributed by atoms with E-state index in [2.05, 4.69) is 0 Å². The zero-order chi connectivity index (χ0) is 6.69. The molecule has 54 valence electrons. The van der Waals surface area contributed by atoms with Crippen molar-refractivity contribution in [3.05, 3.63) is 0 Å². The predicted octanol–water partition coefficient (Wildman–Crippen LogP) is 0.667. The van der Waals surface area contributed by atoms with Crippen molar-refractivity contribution in [2.24, 2.45) is 11.7 Å². The second-order valence-electron chi connectivity index (χ2n) is 2.39. The Hall–Kier alpha value is -0.150. The summed E-state index contributed by atoms with van der Waals surface area (Å²) in [7, 11) is 0. The van der Waals surface area contributed by atoms with Crippen LogP contribution in [0.1, 0.15) is 12.8 Å². The quantitative estimate of drug-likeness (QED) is 0.533. The molecule has 1 heterocycles. The molecule has 0 radical (unpaired) electrons. The maximum Gasteiger partial charge on any atom is 0.151 e. The fourth-order valence-corrected chi connectivity index (χ4v) is 1.03. The highest BCUT2D eigenvalue weighted by molar-refractivity contribution is 4.66. The number of rotatable bonds is 1. The second kappa shape index (κ2) is 3.13. The van der Waals surface area contributed by atoms with E-state index in [4.69, 9.17) is 10.5 Å². The minimum atomic E-state index is -1.14. The van der Waals surface area contributed by atoms with Crippen molar-refractivity contribution in [3.63, 3.8) is 0 Å². The van der Waals surface area contributed by atoms with Crippen LogP contribution in [0.5, 0.6) is 0 Å². The first-order valence-electron chi connectivity index (χ1n) is 3.28. The van der Waals surface area contributed by atoms with Crippen molar-refractivity contribution in [1.29, 1.82) is 0 Å². The Morgan fingerprint density at radius 1 is 1.44 bits per heavy atom. The second-order valence-corrected chi connectivity index (χ2v) is 2.39. The Bertz CT molecular complexity index is 81.1. The van der Waals surface area contributed by atoms with E-state index >= 15 is 0 Å². The summed E-state index contributed by atoms with van der Waals surface area (Å²) in [4.78, 5) is 0. The Morgan fingerprint density at radius 3 is 2.33 bits per heavy atom. The number of nitrogens with two attached hydrogens (primary N) is 1. The van der Waals surface area contributed by atoms with Crippen LogP contribution in [0.3, 0.4) is 0 Å². The van der Waals surface area contributed by atoms with E-state index in [0.29, 0.717) is 13.2 Å². The molecule has 9 heavy (non-hydrogen) atoms. The summed E-state index contributed by atoms with van der Waals surface area (Å²) >= 11 is 0. The smallest absolute Gasteiger partial charge is 0.151 e. The molecule has 1 fully saturated rings. The van der Waals surface area contributed by atoms with Crippen molar-refractivity contribution in [1.82, 2.24) is 0 Å². The molecule has 1 rings (SSSR count). The van der Waals surface area contributed by atoms with Gasteiger partial charge in [-0.25, -0.2) is 4.39 Å². The first-order valence-corrected chi connectivity index (χ1v) is 3.28. The summed E-state index contributed by atoms with van der Waals surface area (Å²) in [6, 6.07) is 0. The molecule has 0 aromatic heterocycles. The average Bonchev–Trinajstić information content (AvgIpc) is 1.90. The molecule has 0 aromatic carbocycles. The molecule has 0 spiro atoms. The van der Waals surface area contributed by atoms with Gasteiger partial charge in [-0.3, -0.25) is 0 Å². The molecule has 2 nitrogen and oxygen atoms in total. The van der Waals surface area contributed by atoms with E-state index < -0.39 is 6.30 Å². The number of hydrogen-bond acceptors (Lipinski definition) is 2. The number of halogens is 1. The molecule has 1 unspecified atom stereocenters. The van der Waals surface area contributed by atoms with Gasteiger partial charge in [0.25, 0.3) is 0 Å². The summed E-state index contributed by atoms with van der Waals surface area (Å²) in [5.41, 5.74) is 5.04. The third-order valence-corrected chi connectivity index (χ3v) is 1.72. The van der Waals surface area contributed by atoms with Gasteiger partial charge in [0.05, 0.1) is 0 Å². The zero-order valence-corrected chi connectivity index (χ0v) is 5.35. The van der Waals surface area contributed by atoms with Crippen LogP contribution in [0.4, 0.5) is 4.39 Å². The lowest BCUT2D eigenvalue weighted by Gasteiger charge is -2.22. The van der Waals surface area contributed by atoms with Gasteiger partial charge in [0.15, 0.2) is 6.30 Å². The standard InChI is InChI=1S/C6H12FNO/c7-6(8)5-1-3-9-4-2-5/h5-6H,1-4,8H2. The van der Waals surface area contributed by atoms with Gasteiger partial charge in [0.1, 0.15) is 0 Å². The maximum atomic E-state index is 12.3. The number of ether oxygens (including phenoxy) is 1. The molecular formula is C6H12FNO. The van der Waals surface area contributed by atoms with Crippen molar-refractivity contribution in [2.45, 2.75) is 19.1 Å². The van der Waals surface area contributed by atoms with Crippen molar-refractivity contribution >= 4 is 0 Å². The van der Waals surface area contributed by atoms with E-state index in [-0.39, 0.29) is 5.92 Å². The third kappa shape index (κ3) is 1.91. The lowest BCUT2D eigenvalue weighted by Crippen LogP contribution is -2.30. The van der Waals surface area contributed by atoms with Crippen LogP contribution < -0.4 is 5.73 Å². The minimum absolute atomic E-state index is 0.0405. The first-order chi connectivity index (χ1) is 4.30. The summed E-state index contributed by atoms with van der Waals surface area (Å²) < 4.78 is 17.3. The molecule has 0 saturated carbocycles. The largest absolute Gasteiger partial charge is 0.381 e. The maximum absolute atomic E-state index is 12.3. The average molecular weight is 133 g/mol. The normalized spacial score (nSPS) is 26.0. The van der Waals surface area contributed by atoms with Gasteiger partial charge in [0.2, 0.25) is 0 Å². The summed E-state index contributed by atoms with van der Waals surface area (Å²) in [5, 5.41) is 0. The molecule has 0 bridgehead atoms. The molecule has 1 saturated heterocycles. The van der Waals surface area contributed by atoms with Crippen LogP contribution in [0.25, 0.3) is 0 Å². The van der Waals surface area contributed by atoms with Gasteiger partial charge in [-0.15, -0.1) is 0 Å². The molecular weight excluding hydrogens is 121 g/mol. The highest BCUT2D eigenvalue weighted by Crippen LogP contribution is 2.17. The lowest BCUT2D eigenvalue weighted by atomic mass is 10.00. The SMILES string of the molecule is NC(F)C1CCOCC1. The zero-order valence-electron chi connectivity index (χ0n) is 5.35. The van der Waals surface area contributed by atoms with E-state index in [1.54, 1.807) is 0 Å². The monoisotopic (exact) mass is 133 g/mol. The van der Waals surface area contributed by atoms with Gasteiger partial charge < -0.3 is 10.5 Å².